The van der Waals surface area contributed by atoms with Crippen molar-refractivity contribution >= 4 is 27.8 Å². The molecule has 1 saturated carbocycles. The van der Waals surface area contributed by atoms with Crippen molar-refractivity contribution < 1.29 is 19.4 Å². The Bertz CT molecular complexity index is 517. The third kappa shape index (κ3) is 4.20. The Morgan fingerprint density at radius 3 is 2.62 bits per heavy atom. The van der Waals surface area contributed by atoms with Gasteiger partial charge in [0.05, 0.1) is 5.92 Å². The topological polar surface area (TPSA) is 75.6 Å². The molecular formula is C15H18BrNO4. The van der Waals surface area contributed by atoms with Crippen molar-refractivity contribution in [3.63, 3.8) is 0 Å². The Balaban J connectivity index is 1.90. The molecule has 1 unspecified atom stereocenters. The molecule has 0 bridgehead atoms. The van der Waals surface area contributed by atoms with Gasteiger partial charge in [0.15, 0.2) is 6.10 Å². The normalized spacial score (nSPS) is 22.6. The molecule has 0 spiro atoms. The van der Waals surface area contributed by atoms with Crippen LogP contribution in [0, 0.1) is 5.92 Å². The molecular weight excluding hydrogens is 338 g/mol. The number of rotatable bonds is 5. The van der Waals surface area contributed by atoms with E-state index >= 15 is 0 Å². The molecule has 1 aliphatic rings. The Kier molecular flexibility index (Phi) is 5.22. The molecule has 0 saturated heterocycles. The van der Waals surface area contributed by atoms with E-state index in [1.54, 1.807) is 19.1 Å². The first-order valence-corrected chi connectivity index (χ1v) is 7.72. The van der Waals surface area contributed by atoms with Crippen molar-refractivity contribution in [2.24, 2.45) is 5.92 Å². The molecule has 2 rings (SSSR count). The SMILES string of the molecule is CC(Oc1ccc(Br)cc1)C(=O)N[C@@H]1CCC[C@@H]1C(=O)O. The Morgan fingerprint density at radius 1 is 1.33 bits per heavy atom. The molecule has 1 aliphatic carbocycles. The molecule has 1 aromatic rings. The van der Waals surface area contributed by atoms with E-state index in [9.17, 15) is 9.59 Å². The predicted molar refractivity (Wildman–Crippen MR) is 81.1 cm³/mol. The van der Waals surface area contributed by atoms with E-state index in [0.717, 1.165) is 10.9 Å². The minimum Gasteiger partial charge on any atom is -0.481 e. The second kappa shape index (κ2) is 6.93. The Hall–Kier alpha value is -1.56. The molecule has 1 amide bonds. The van der Waals surface area contributed by atoms with Crippen LogP contribution < -0.4 is 10.1 Å². The van der Waals surface area contributed by atoms with E-state index in [1.165, 1.54) is 0 Å². The maximum absolute atomic E-state index is 12.1. The van der Waals surface area contributed by atoms with Crippen LogP contribution in [0.5, 0.6) is 5.75 Å². The van der Waals surface area contributed by atoms with Crippen LogP contribution >= 0.6 is 15.9 Å². The lowest BCUT2D eigenvalue weighted by molar-refractivity contribution is -0.142. The number of carboxylic acid groups (broad SMARTS) is 1. The van der Waals surface area contributed by atoms with Gasteiger partial charge in [0.1, 0.15) is 5.75 Å². The van der Waals surface area contributed by atoms with Crippen LogP contribution in [-0.2, 0) is 9.59 Å². The number of benzene rings is 1. The second-order valence-corrected chi connectivity index (χ2v) is 6.12. The third-order valence-electron chi connectivity index (χ3n) is 3.66. The summed E-state index contributed by atoms with van der Waals surface area (Å²) in [5.41, 5.74) is 0. The molecule has 5 nitrogen and oxygen atoms in total. The van der Waals surface area contributed by atoms with Gasteiger partial charge in [-0.15, -0.1) is 0 Å². The molecule has 1 aromatic carbocycles. The average molecular weight is 356 g/mol. The van der Waals surface area contributed by atoms with Gasteiger partial charge in [-0.05, 0) is 44.0 Å². The van der Waals surface area contributed by atoms with E-state index in [-0.39, 0.29) is 11.9 Å². The largest absolute Gasteiger partial charge is 0.481 e. The molecule has 114 valence electrons. The Labute approximate surface area is 131 Å². The van der Waals surface area contributed by atoms with Gasteiger partial charge in [0.2, 0.25) is 0 Å². The number of hydrogen-bond donors (Lipinski definition) is 2. The molecule has 0 aliphatic heterocycles. The van der Waals surface area contributed by atoms with Gasteiger partial charge in [0.25, 0.3) is 5.91 Å². The predicted octanol–water partition coefficient (Wildman–Crippen LogP) is 2.59. The van der Waals surface area contributed by atoms with Crippen LogP contribution in [0.2, 0.25) is 0 Å². The van der Waals surface area contributed by atoms with Gasteiger partial charge in [-0.2, -0.15) is 0 Å². The highest BCUT2D eigenvalue weighted by atomic mass is 79.9. The molecule has 2 N–H and O–H groups in total. The van der Waals surface area contributed by atoms with Gasteiger partial charge < -0.3 is 15.2 Å². The molecule has 0 heterocycles. The summed E-state index contributed by atoms with van der Waals surface area (Å²) in [5, 5.41) is 11.9. The van der Waals surface area contributed by atoms with E-state index in [0.29, 0.717) is 18.6 Å². The average Bonchev–Trinajstić information content (AvgIpc) is 2.89. The summed E-state index contributed by atoms with van der Waals surface area (Å²) in [6.45, 7) is 1.65. The lowest BCUT2D eigenvalue weighted by Gasteiger charge is -2.21. The van der Waals surface area contributed by atoms with Gasteiger partial charge in [0, 0.05) is 10.5 Å². The smallest absolute Gasteiger partial charge is 0.308 e. The van der Waals surface area contributed by atoms with Crippen molar-refractivity contribution in [3.8, 4) is 5.75 Å². The van der Waals surface area contributed by atoms with Crippen molar-refractivity contribution in [2.45, 2.75) is 38.3 Å². The van der Waals surface area contributed by atoms with Gasteiger partial charge in [-0.1, -0.05) is 22.4 Å². The number of carbonyl (C=O) groups excluding carboxylic acids is 1. The zero-order valence-corrected chi connectivity index (χ0v) is 13.3. The lowest BCUT2D eigenvalue weighted by atomic mass is 10.0. The fraction of sp³-hybridized carbons (Fsp3) is 0.467. The molecule has 1 fully saturated rings. The number of amides is 1. The summed E-state index contributed by atoms with van der Waals surface area (Å²) in [6.07, 6.45) is 1.47. The second-order valence-electron chi connectivity index (χ2n) is 5.20. The summed E-state index contributed by atoms with van der Waals surface area (Å²) in [4.78, 5) is 23.2. The highest BCUT2D eigenvalue weighted by Gasteiger charge is 2.34. The molecule has 0 radical (unpaired) electrons. The van der Waals surface area contributed by atoms with Crippen molar-refractivity contribution in [1.29, 1.82) is 0 Å². The summed E-state index contributed by atoms with van der Waals surface area (Å²) >= 11 is 3.33. The van der Waals surface area contributed by atoms with Crippen LogP contribution in [0.25, 0.3) is 0 Å². The molecule has 6 heteroatoms. The zero-order valence-electron chi connectivity index (χ0n) is 11.7. The maximum atomic E-state index is 12.1. The van der Waals surface area contributed by atoms with Crippen molar-refractivity contribution in [3.05, 3.63) is 28.7 Å². The third-order valence-corrected chi connectivity index (χ3v) is 4.19. The number of aliphatic carboxylic acids is 1. The van der Waals surface area contributed by atoms with Crippen LogP contribution in [-0.4, -0.2) is 29.1 Å². The summed E-state index contributed by atoms with van der Waals surface area (Å²) in [7, 11) is 0. The highest BCUT2D eigenvalue weighted by Crippen LogP contribution is 2.26. The van der Waals surface area contributed by atoms with Crippen molar-refractivity contribution in [1.82, 2.24) is 5.32 Å². The summed E-state index contributed by atoms with van der Waals surface area (Å²) in [5.74, 6) is -1.02. The fourth-order valence-corrected chi connectivity index (χ4v) is 2.76. The first-order valence-electron chi connectivity index (χ1n) is 6.93. The standard InChI is InChI=1S/C15H18BrNO4/c1-9(21-11-7-5-10(16)6-8-11)14(18)17-13-4-2-3-12(13)15(19)20/h5-9,12-13H,2-4H2,1H3,(H,17,18)(H,19,20)/t9?,12-,13+/m0/s1. The number of halogens is 1. The number of carboxylic acids is 1. The minimum absolute atomic E-state index is 0.281. The molecule has 21 heavy (non-hydrogen) atoms. The number of nitrogens with one attached hydrogen (secondary N) is 1. The van der Waals surface area contributed by atoms with E-state index in [1.807, 2.05) is 12.1 Å². The Morgan fingerprint density at radius 2 is 2.00 bits per heavy atom. The highest BCUT2D eigenvalue weighted by molar-refractivity contribution is 9.10. The summed E-state index contributed by atoms with van der Waals surface area (Å²) in [6, 6.07) is 6.90. The first-order chi connectivity index (χ1) is 9.97. The summed E-state index contributed by atoms with van der Waals surface area (Å²) < 4.78 is 6.49. The first kappa shape index (κ1) is 15.8. The van der Waals surface area contributed by atoms with E-state index in [4.69, 9.17) is 9.84 Å². The molecule has 3 atom stereocenters. The van der Waals surface area contributed by atoms with Crippen LogP contribution in [0.4, 0.5) is 0 Å². The number of carbonyl (C=O) groups is 2. The van der Waals surface area contributed by atoms with Crippen LogP contribution in [0.15, 0.2) is 28.7 Å². The number of ether oxygens (including phenoxy) is 1. The van der Waals surface area contributed by atoms with E-state index < -0.39 is 18.0 Å². The van der Waals surface area contributed by atoms with Gasteiger partial charge in [-0.25, -0.2) is 0 Å². The van der Waals surface area contributed by atoms with Crippen LogP contribution in [0.1, 0.15) is 26.2 Å². The fourth-order valence-electron chi connectivity index (χ4n) is 2.50. The van der Waals surface area contributed by atoms with E-state index in [2.05, 4.69) is 21.2 Å². The number of hydrogen-bond acceptors (Lipinski definition) is 3. The van der Waals surface area contributed by atoms with Crippen molar-refractivity contribution in [2.75, 3.05) is 0 Å². The maximum Gasteiger partial charge on any atom is 0.308 e. The quantitative estimate of drug-likeness (QED) is 0.850. The van der Waals surface area contributed by atoms with Crippen LogP contribution in [0.3, 0.4) is 0 Å². The van der Waals surface area contributed by atoms with Gasteiger partial charge >= 0.3 is 5.97 Å². The minimum atomic E-state index is -0.848. The zero-order chi connectivity index (χ0) is 15.4. The molecule has 0 aromatic heterocycles. The lowest BCUT2D eigenvalue weighted by Crippen LogP contribution is -2.45. The van der Waals surface area contributed by atoms with Gasteiger partial charge in [-0.3, -0.25) is 9.59 Å². The monoisotopic (exact) mass is 355 g/mol.